The number of halogens is 1. The van der Waals surface area contributed by atoms with Gasteiger partial charge < -0.3 is 10.1 Å². The van der Waals surface area contributed by atoms with E-state index < -0.39 is 24.5 Å². The third-order valence-electron chi connectivity index (χ3n) is 3.62. The average molecular weight is 413 g/mol. The summed E-state index contributed by atoms with van der Waals surface area (Å²) in [5.74, 6) is -1.75. The highest BCUT2D eigenvalue weighted by Crippen LogP contribution is 2.24. The molecule has 3 aromatic rings. The maximum atomic E-state index is 13.0. The van der Waals surface area contributed by atoms with Crippen LogP contribution in [0.1, 0.15) is 5.69 Å². The first-order valence-electron chi connectivity index (χ1n) is 8.51. The van der Waals surface area contributed by atoms with Crippen molar-refractivity contribution in [3.05, 3.63) is 71.5 Å². The number of nitrogens with one attached hydrogen (secondary N) is 2. The molecule has 0 aliphatic carbocycles. The molecule has 0 aliphatic heterocycles. The number of amides is 3. The first kappa shape index (κ1) is 20.2. The number of imide groups is 1. The number of urea groups is 1. The van der Waals surface area contributed by atoms with Gasteiger partial charge in [0, 0.05) is 16.6 Å². The molecule has 1 heterocycles. The van der Waals surface area contributed by atoms with Crippen LogP contribution in [0.15, 0.2) is 60.0 Å². The predicted octanol–water partition coefficient (Wildman–Crippen LogP) is 3.38. The summed E-state index contributed by atoms with van der Waals surface area (Å²) in [7, 11) is 0. The molecular formula is C20H16FN3O4S. The zero-order valence-corrected chi connectivity index (χ0v) is 15.9. The van der Waals surface area contributed by atoms with E-state index in [0.29, 0.717) is 16.4 Å². The van der Waals surface area contributed by atoms with E-state index in [-0.39, 0.29) is 12.2 Å². The summed E-state index contributed by atoms with van der Waals surface area (Å²) in [6.45, 7) is -0.587. The third-order valence-corrected chi connectivity index (χ3v) is 4.56. The minimum atomic E-state index is -0.753. The largest absolute Gasteiger partial charge is 0.455 e. The number of anilines is 1. The molecule has 9 heteroatoms. The Bertz CT molecular complexity index is 1010. The third kappa shape index (κ3) is 6.22. The van der Waals surface area contributed by atoms with Gasteiger partial charge in [-0.15, -0.1) is 11.3 Å². The molecule has 0 fully saturated rings. The molecule has 1 aromatic heterocycles. The summed E-state index contributed by atoms with van der Waals surface area (Å²) in [4.78, 5) is 39.6. The van der Waals surface area contributed by atoms with E-state index in [9.17, 15) is 18.8 Å². The summed E-state index contributed by atoms with van der Waals surface area (Å²) in [6.07, 6.45) is -0.124. The molecule has 0 aliphatic rings. The Hall–Kier alpha value is -3.59. The maximum Gasteiger partial charge on any atom is 0.325 e. The van der Waals surface area contributed by atoms with Crippen LogP contribution in [0.5, 0.6) is 0 Å². The van der Waals surface area contributed by atoms with Crippen molar-refractivity contribution in [2.24, 2.45) is 0 Å². The van der Waals surface area contributed by atoms with Crippen LogP contribution in [0.4, 0.5) is 14.9 Å². The highest BCUT2D eigenvalue weighted by atomic mass is 32.1. The number of hydrogen-bond acceptors (Lipinski definition) is 6. The minimum Gasteiger partial charge on any atom is -0.455 e. The number of nitrogens with zero attached hydrogens (tertiary/aromatic N) is 1. The SMILES string of the molecule is O=C(COC(=O)Cc1csc(-c2ccc(F)cc2)n1)NC(=O)Nc1ccccc1. The van der Waals surface area contributed by atoms with Gasteiger partial charge in [0.05, 0.1) is 12.1 Å². The number of esters is 1. The molecule has 0 unspecified atom stereocenters. The van der Waals surface area contributed by atoms with Crippen LogP contribution in [-0.4, -0.2) is 29.5 Å². The summed E-state index contributed by atoms with van der Waals surface area (Å²) < 4.78 is 17.9. The van der Waals surface area contributed by atoms with E-state index in [2.05, 4.69) is 15.6 Å². The van der Waals surface area contributed by atoms with Crippen molar-refractivity contribution in [2.45, 2.75) is 6.42 Å². The Balaban J connectivity index is 1.43. The molecule has 0 atom stereocenters. The number of carbonyl (C=O) groups excluding carboxylic acids is 3. The first-order chi connectivity index (χ1) is 14.0. The monoisotopic (exact) mass is 413 g/mol. The number of carbonyl (C=O) groups is 3. The van der Waals surface area contributed by atoms with Gasteiger partial charge in [-0.1, -0.05) is 18.2 Å². The number of ether oxygens (including phenoxy) is 1. The van der Waals surface area contributed by atoms with E-state index in [0.717, 1.165) is 5.56 Å². The zero-order valence-electron chi connectivity index (χ0n) is 15.1. The highest BCUT2D eigenvalue weighted by molar-refractivity contribution is 7.13. The normalized spacial score (nSPS) is 10.2. The van der Waals surface area contributed by atoms with Crippen molar-refractivity contribution in [3.8, 4) is 10.6 Å². The molecule has 0 saturated carbocycles. The second kappa shape index (κ2) is 9.56. The van der Waals surface area contributed by atoms with Crippen LogP contribution in [0.2, 0.25) is 0 Å². The number of rotatable bonds is 6. The van der Waals surface area contributed by atoms with Crippen LogP contribution in [0.25, 0.3) is 10.6 Å². The molecule has 29 heavy (non-hydrogen) atoms. The van der Waals surface area contributed by atoms with Gasteiger partial charge in [-0.2, -0.15) is 0 Å². The van der Waals surface area contributed by atoms with E-state index in [4.69, 9.17) is 4.74 Å². The van der Waals surface area contributed by atoms with Gasteiger partial charge in [-0.05, 0) is 36.4 Å². The second-order valence-corrected chi connectivity index (χ2v) is 6.71. The lowest BCUT2D eigenvalue weighted by Gasteiger charge is -2.07. The van der Waals surface area contributed by atoms with Crippen LogP contribution >= 0.6 is 11.3 Å². The summed E-state index contributed by atoms with van der Waals surface area (Å²) in [6, 6.07) is 13.7. The zero-order chi connectivity index (χ0) is 20.6. The Morgan fingerprint density at radius 3 is 2.48 bits per heavy atom. The van der Waals surface area contributed by atoms with E-state index in [1.807, 2.05) is 0 Å². The molecule has 7 nitrogen and oxygen atoms in total. The van der Waals surface area contributed by atoms with Crippen molar-refractivity contribution in [1.29, 1.82) is 0 Å². The second-order valence-electron chi connectivity index (χ2n) is 5.86. The van der Waals surface area contributed by atoms with Crippen molar-refractivity contribution in [1.82, 2.24) is 10.3 Å². The highest BCUT2D eigenvalue weighted by Gasteiger charge is 2.14. The molecule has 2 aromatic carbocycles. The molecule has 3 rings (SSSR count). The summed E-state index contributed by atoms with van der Waals surface area (Å²) >= 11 is 1.31. The lowest BCUT2D eigenvalue weighted by Crippen LogP contribution is -2.37. The van der Waals surface area contributed by atoms with Gasteiger partial charge in [0.15, 0.2) is 6.61 Å². The fraction of sp³-hybridized carbons (Fsp3) is 0.100. The lowest BCUT2D eigenvalue weighted by molar-refractivity contribution is -0.147. The number of para-hydroxylation sites is 1. The summed E-state index contributed by atoms with van der Waals surface area (Å²) in [5, 5.41) is 6.88. The van der Waals surface area contributed by atoms with Gasteiger partial charge >= 0.3 is 12.0 Å². The van der Waals surface area contributed by atoms with E-state index in [1.54, 1.807) is 47.8 Å². The number of thiazole rings is 1. The van der Waals surface area contributed by atoms with E-state index >= 15 is 0 Å². The van der Waals surface area contributed by atoms with Crippen molar-refractivity contribution < 1.29 is 23.5 Å². The molecular weight excluding hydrogens is 397 g/mol. The Kier molecular flexibility index (Phi) is 6.64. The fourth-order valence-corrected chi connectivity index (χ4v) is 3.13. The van der Waals surface area contributed by atoms with Gasteiger partial charge in [0.25, 0.3) is 5.91 Å². The standard InChI is InChI=1S/C20H16FN3O4S/c21-14-8-6-13(7-9-14)19-22-16(12-29-19)10-18(26)28-11-17(25)24-20(27)23-15-4-2-1-3-5-15/h1-9,12H,10-11H2,(H2,23,24,25,27). The Labute approximate surface area is 169 Å². The number of hydrogen-bond donors (Lipinski definition) is 2. The van der Waals surface area contributed by atoms with Gasteiger partial charge in [-0.3, -0.25) is 14.9 Å². The van der Waals surface area contributed by atoms with Crippen LogP contribution in [0.3, 0.4) is 0 Å². The molecule has 148 valence electrons. The van der Waals surface area contributed by atoms with Crippen molar-refractivity contribution >= 4 is 34.9 Å². The Morgan fingerprint density at radius 2 is 1.76 bits per heavy atom. The van der Waals surface area contributed by atoms with Gasteiger partial charge in [-0.25, -0.2) is 14.2 Å². The number of aromatic nitrogens is 1. The number of benzene rings is 2. The lowest BCUT2D eigenvalue weighted by atomic mass is 10.2. The Morgan fingerprint density at radius 1 is 1.03 bits per heavy atom. The molecule has 0 saturated heterocycles. The van der Waals surface area contributed by atoms with Crippen molar-refractivity contribution in [3.63, 3.8) is 0 Å². The molecule has 0 radical (unpaired) electrons. The van der Waals surface area contributed by atoms with Gasteiger partial charge in [0.2, 0.25) is 0 Å². The molecule has 0 bridgehead atoms. The fourth-order valence-electron chi connectivity index (χ4n) is 2.30. The van der Waals surface area contributed by atoms with Crippen LogP contribution in [0, 0.1) is 5.82 Å². The quantitative estimate of drug-likeness (QED) is 0.604. The minimum absolute atomic E-state index is 0.124. The smallest absolute Gasteiger partial charge is 0.325 e. The average Bonchev–Trinajstić information content (AvgIpc) is 3.16. The first-order valence-corrected chi connectivity index (χ1v) is 9.39. The van der Waals surface area contributed by atoms with Crippen molar-refractivity contribution in [2.75, 3.05) is 11.9 Å². The van der Waals surface area contributed by atoms with Crippen LogP contribution in [-0.2, 0) is 20.7 Å². The van der Waals surface area contributed by atoms with E-state index in [1.165, 1.54) is 23.5 Å². The molecule has 3 amide bonds. The maximum absolute atomic E-state index is 13.0. The predicted molar refractivity (Wildman–Crippen MR) is 106 cm³/mol. The molecule has 2 N–H and O–H groups in total. The summed E-state index contributed by atoms with van der Waals surface area (Å²) in [5.41, 5.74) is 1.73. The van der Waals surface area contributed by atoms with Crippen LogP contribution < -0.4 is 10.6 Å². The van der Waals surface area contributed by atoms with Gasteiger partial charge in [0.1, 0.15) is 10.8 Å². The topological polar surface area (TPSA) is 97.4 Å². The molecule has 0 spiro atoms.